The van der Waals surface area contributed by atoms with Crippen LogP contribution in [0.5, 0.6) is 0 Å². The molecule has 0 aliphatic heterocycles. The van der Waals surface area contributed by atoms with E-state index in [0.717, 1.165) is 17.9 Å². The van der Waals surface area contributed by atoms with Gasteiger partial charge in [0.15, 0.2) is 0 Å². The molecule has 72 valence electrons. The van der Waals surface area contributed by atoms with E-state index in [2.05, 4.69) is 23.8 Å². The average Bonchev–Trinajstić information content (AvgIpc) is 2.16. The molecule has 13 heavy (non-hydrogen) atoms. The summed E-state index contributed by atoms with van der Waals surface area (Å²) in [6.45, 7) is 6.23. The minimum atomic E-state index is 0.0216. The highest BCUT2D eigenvalue weighted by Gasteiger charge is 2.11. The first-order valence-electron chi connectivity index (χ1n) is 4.72. The SMILES string of the molecule is CCc1nccc([C@@H](N)C(C)C)n1. The second kappa shape index (κ2) is 4.33. The lowest BCUT2D eigenvalue weighted by Gasteiger charge is -2.14. The summed E-state index contributed by atoms with van der Waals surface area (Å²) >= 11 is 0. The lowest BCUT2D eigenvalue weighted by molar-refractivity contribution is 0.500. The van der Waals surface area contributed by atoms with E-state index < -0.39 is 0 Å². The Balaban J connectivity index is 2.88. The fourth-order valence-corrected chi connectivity index (χ4v) is 1.11. The molecule has 3 nitrogen and oxygen atoms in total. The molecule has 0 saturated carbocycles. The first kappa shape index (κ1) is 10.1. The van der Waals surface area contributed by atoms with Gasteiger partial charge in [-0.2, -0.15) is 0 Å². The van der Waals surface area contributed by atoms with Crippen LogP contribution in [0.4, 0.5) is 0 Å². The Bertz CT molecular complexity index is 271. The van der Waals surface area contributed by atoms with Crippen LogP contribution < -0.4 is 5.73 Å². The average molecular weight is 179 g/mol. The van der Waals surface area contributed by atoms with E-state index in [1.807, 2.05) is 13.0 Å². The van der Waals surface area contributed by atoms with E-state index in [1.165, 1.54) is 0 Å². The number of nitrogens with two attached hydrogens (primary N) is 1. The predicted molar refractivity (Wildman–Crippen MR) is 53.2 cm³/mol. The van der Waals surface area contributed by atoms with Crippen molar-refractivity contribution in [3.8, 4) is 0 Å². The van der Waals surface area contributed by atoms with Crippen LogP contribution in [0.1, 0.15) is 38.3 Å². The van der Waals surface area contributed by atoms with E-state index in [9.17, 15) is 0 Å². The summed E-state index contributed by atoms with van der Waals surface area (Å²) in [6.07, 6.45) is 2.64. The summed E-state index contributed by atoms with van der Waals surface area (Å²) < 4.78 is 0. The van der Waals surface area contributed by atoms with Gasteiger partial charge in [-0.05, 0) is 12.0 Å². The Morgan fingerprint density at radius 3 is 2.69 bits per heavy atom. The lowest BCUT2D eigenvalue weighted by Crippen LogP contribution is -2.18. The summed E-state index contributed by atoms with van der Waals surface area (Å²) in [6, 6.07) is 1.91. The molecule has 0 bridgehead atoms. The highest BCUT2D eigenvalue weighted by molar-refractivity contribution is 5.07. The van der Waals surface area contributed by atoms with E-state index in [4.69, 9.17) is 5.73 Å². The van der Waals surface area contributed by atoms with Crippen molar-refractivity contribution < 1.29 is 0 Å². The molecule has 3 heteroatoms. The van der Waals surface area contributed by atoms with E-state index in [-0.39, 0.29) is 6.04 Å². The van der Waals surface area contributed by atoms with Gasteiger partial charge in [-0.25, -0.2) is 9.97 Å². The van der Waals surface area contributed by atoms with Crippen LogP contribution in [-0.2, 0) is 6.42 Å². The maximum Gasteiger partial charge on any atom is 0.128 e. The number of hydrogen-bond donors (Lipinski definition) is 1. The molecule has 1 rings (SSSR count). The Morgan fingerprint density at radius 1 is 1.46 bits per heavy atom. The highest BCUT2D eigenvalue weighted by atomic mass is 14.9. The molecule has 0 radical (unpaired) electrons. The Hall–Kier alpha value is -0.960. The van der Waals surface area contributed by atoms with Gasteiger partial charge in [0.1, 0.15) is 5.82 Å². The molecule has 1 atom stereocenters. The predicted octanol–water partition coefficient (Wildman–Crippen LogP) is 1.69. The van der Waals surface area contributed by atoms with Gasteiger partial charge < -0.3 is 5.73 Å². The van der Waals surface area contributed by atoms with Crippen molar-refractivity contribution in [2.75, 3.05) is 0 Å². The first-order chi connectivity index (χ1) is 6.15. The third kappa shape index (κ3) is 2.49. The van der Waals surface area contributed by atoms with Gasteiger partial charge >= 0.3 is 0 Å². The third-order valence-corrected chi connectivity index (χ3v) is 2.10. The van der Waals surface area contributed by atoms with Crippen LogP contribution >= 0.6 is 0 Å². The Kier molecular flexibility index (Phi) is 3.37. The number of nitrogens with zero attached hydrogens (tertiary/aromatic N) is 2. The fourth-order valence-electron chi connectivity index (χ4n) is 1.11. The Labute approximate surface area is 79.4 Å². The van der Waals surface area contributed by atoms with Gasteiger partial charge in [-0.15, -0.1) is 0 Å². The minimum absolute atomic E-state index is 0.0216. The van der Waals surface area contributed by atoms with Gasteiger partial charge in [0, 0.05) is 18.7 Å². The molecule has 0 saturated heterocycles. The summed E-state index contributed by atoms with van der Waals surface area (Å²) in [5.41, 5.74) is 6.92. The van der Waals surface area contributed by atoms with Crippen LogP contribution in [0.2, 0.25) is 0 Å². The van der Waals surface area contributed by atoms with Gasteiger partial charge in [-0.1, -0.05) is 20.8 Å². The van der Waals surface area contributed by atoms with Gasteiger partial charge in [0.2, 0.25) is 0 Å². The number of hydrogen-bond acceptors (Lipinski definition) is 3. The number of aromatic nitrogens is 2. The molecule has 1 aromatic rings. The zero-order valence-corrected chi connectivity index (χ0v) is 8.49. The van der Waals surface area contributed by atoms with Gasteiger partial charge in [0.05, 0.1) is 5.69 Å². The highest BCUT2D eigenvalue weighted by Crippen LogP contribution is 2.15. The molecular weight excluding hydrogens is 162 g/mol. The monoisotopic (exact) mass is 179 g/mol. The zero-order chi connectivity index (χ0) is 9.84. The topological polar surface area (TPSA) is 51.8 Å². The van der Waals surface area contributed by atoms with Crippen LogP contribution in [-0.4, -0.2) is 9.97 Å². The van der Waals surface area contributed by atoms with E-state index in [0.29, 0.717) is 5.92 Å². The van der Waals surface area contributed by atoms with E-state index >= 15 is 0 Å². The first-order valence-corrected chi connectivity index (χ1v) is 4.72. The van der Waals surface area contributed by atoms with Crippen LogP contribution in [0.15, 0.2) is 12.3 Å². The van der Waals surface area contributed by atoms with Gasteiger partial charge in [-0.3, -0.25) is 0 Å². The summed E-state index contributed by atoms with van der Waals surface area (Å²) in [7, 11) is 0. The molecule has 1 heterocycles. The molecule has 1 aromatic heterocycles. The summed E-state index contributed by atoms with van der Waals surface area (Å²) in [5, 5.41) is 0. The molecule has 0 spiro atoms. The van der Waals surface area contributed by atoms with Crippen molar-refractivity contribution in [3.05, 3.63) is 23.8 Å². The van der Waals surface area contributed by atoms with Crippen LogP contribution in [0.3, 0.4) is 0 Å². The molecule has 0 aliphatic rings. The maximum atomic E-state index is 5.97. The molecule has 0 amide bonds. The quantitative estimate of drug-likeness (QED) is 0.768. The second-order valence-electron chi connectivity index (χ2n) is 3.52. The molecule has 0 aliphatic carbocycles. The smallest absolute Gasteiger partial charge is 0.128 e. The molecule has 2 N–H and O–H groups in total. The fraction of sp³-hybridized carbons (Fsp3) is 0.600. The van der Waals surface area contributed by atoms with Crippen LogP contribution in [0, 0.1) is 5.92 Å². The molecular formula is C10H17N3. The second-order valence-corrected chi connectivity index (χ2v) is 3.52. The van der Waals surface area contributed by atoms with Gasteiger partial charge in [0.25, 0.3) is 0 Å². The van der Waals surface area contributed by atoms with Crippen molar-refractivity contribution in [3.63, 3.8) is 0 Å². The zero-order valence-electron chi connectivity index (χ0n) is 8.49. The van der Waals surface area contributed by atoms with Crippen molar-refractivity contribution in [2.24, 2.45) is 11.7 Å². The van der Waals surface area contributed by atoms with Crippen LogP contribution in [0.25, 0.3) is 0 Å². The summed E-state index contributed by atoms with van der Waals surface area (Å²) in [5.74, 6) is 1.29. The molecule has 0 fully saturated rings. The van der Waals surface area contributed by atoms with Crippen molar-refractivity contribution in [1.29, 1.82) is 0 Å². The maximum absolute atomic E-state index is 5.97. The standard InChI is InChI=1S/C10H17N3/c1-4-9-12-6-5-8(13-9)10(11)7(2)3/h5-7,10H,4,11H2,1-3H3/t10-/m0/s1. The number of aryl methyl sites for hydroxylation is 1. The molecule has 0 aromatic carbocycles. The normalized spacial score (nSPS) is 13.3. The van der Waals surface area contributed by atoms with Crippen molar-refractivity contribution in [2.45, 2.75) is 33.2 Å². The minimum Gasteiger partial charge on any atom is -0.322 e. The number of rotatable bonds is 3. The lowest BCUT2D eigenvalue weighted by atomic mass is 10.0. The molecule has 0 unspecified atom stereocenters. The summed E-state index contributed by atoms with van der Waals surface area (Å²) in [4.78, 5) is 8.51. The largest absolute Gasteiger partial charge is 0.322 e. The Morgan fingerprint density at radius 2 is 2.15 bits per heavy atom. The van der Waals surface area contributed by atoms with Crippen molar-refractivity contribution >= 4 is 0 Å². The van der Waals surface area contributed by atoms with Crippen molar-refractivity contribution in [1.82, 2.24) is 9.97 Å². The van der Waals surface area contributed by atoms with E-state index in [1.54, 1.807) is 6.20 Å². The third-order valence-electron chi connectivity index (χ3n) is 2.10.